The third-order valence-corrected chi connectivity index (χ3v) is 6.34. The summed E-state index contributed by atoms with van der Waals surface area (Å²) >= 11 is 0. The molecule has 174 valence electrons. The molecule has 0 aliphatic heterocycles. The van der Waals surface area contributed by atoms with Crippen LogP contribution in [0.15, 0.2) is 71.6 Å². The van der Waals surface area contributed by atoms with Gasteiger partial charge in [-0.1, -0.05) is 26.0 Å². The lowest BCUT2D eigenvalue weighted by atomic mass is 10.0. The van der Waals surface area contributed by atoms with Gasteiger partial charge in [0.25, 0.3) is 15.9 Å². The molecule has 3 rings (SSSR count). The summed E-state index contributed by atoms with van der Waals surface area (Å²) in [6, 6.07) is 18.4. The molecule has 0 aromatic heterocycles. The van der Waals surface area contributed by atoms with E-state index >= 15 is 0 Å². The average Bonchev–Trinajstić information content (AvgIpc) is 2.78. The third-order valence-electron chi connectivity index (χ3n) is 4.94. The van der Waals surface area contributed by atoms with Crippen LogP contribution in [0, 0.1) is 6.92 Å². The highest BCUT2D eigenvalue weighted by Gasteiger charge is 2.15. The Morgan fingerprint density at radius 3 is 2.18 bits per heavy atom. The van der Waals surface area contributed by atoms with Crippen molar-refractivity contribution in [3.63, 3.8) is 0 Å². The van der Waals surface area contributed by atoms with Gasteiger partial charge in [-0.05, 0) is 78.6 Å². The Hall–Kier alpha value is -3.52. The van der Waals surface area contributed by atoms with Crippen LogP contribution in [0.2, 0.25) is 0 Å². The van der Waals surface area contributed by atoms with Gasteiger partial charge in [0.2, 0.25) is 0 Å². The molecule has 0 saturated carbocycles. The van der Waals surface area contributed by atoms with Gasteiger partial charge in [-0.2, -0.15) is 0 Å². The van der Waals surface area contributed by atoms with Crippen molar-refractivity contribution in [3.05, 3.63) is 77.9 Å². The third kappa shape index (κ3) is 6.49. The van der Waals surface area contributed by atoms with Gasteiger partial charge < -0.3 is 14.8 Å². The summed E-state index contributed by atoms with van der Waals surface area (Å²) in [6.07, 6.45) is 0. The maximum absolute atomic E-state index is 12.6. The van der Waals surface area contributed by atoms with Crippen LogP contribution >= 0.6 is 0 Å². The zero-order valence-corrected chi connectivity index (χ0v) is 19.9. The first-order valence-electron chi connectivity index (χ1n) is 10.5. The standard InChI is InChI=1S/C25H28N2O5S/c1-17(2)23-14-5-18(3)15-24(23)32-16-25(28)26-19-8-12-22(13-9-19)33(29,30)27-20-6-10-21(31-4)11-7-20/h5-15,17,27H,16H2,1-4H3,(H,26,28). The molecule has 0 radical (unpaired) electrons. The van der Waals surface area contributed by atoms with Crippen molar-refractivity contribution in [2.75, 3.05) is 23.8 Å². The van der Waals surface area contributed by atoms with Crippen molar-refractivity contribution >= 4 is 27.3 Å². The van der Waals surface area contributed by atoms with E-state index in [4.69, 9.17) is 9.47 Å². The maximum atomic E-state index is 12.6. The number of hydrogen-bond donors (Lipinski definition) is 2. The number of rotatable bonds is 9. The normalized spacial score (nSPS) is 11.2. The van der Waals surface area contributed by atoms with Gasteiger partial charge in [0, 0.05) is 11.4 Å². The van der Waals surface area contributed by atoms with Gasteiger partial charge in [-0.15, -0.1) is 0 Å². The van der Waals surface area contributed by atoms with Gasteiger partial charge in [0.1, 0.15) is 11.5 Å². The number of aryl methyl sites for hydroxylation is 1. The predicted octanol–water partition coefficient (Wildman–Crippen LogP) is 4.95. The average molecular weight is 469 g/mol. The largest absolute Gasteiger partial charge is 0.497 e. The first-order chi connectivity index (χ1) is 15.7. The fourth-order valence-corrected chi connectivity index (χ4v) is 4.23. The van der Waals surface area contributed by atoms with Crippen LogP contribution in [0.5, 0.6) is 11.5 Å². The highest BCUT2D eigenvalue weighted by molar-refractivity contribution is 7.92. The summed E-state index contributed by atoms with van der Waals surface area (Å²) < 4.78 is 38.6. The maximum Gasteiger partial charge on any atom is 0.262 e. The number of hydrogen-bond acceptors (Lipinski definition) is 5. The van der Waals surface area contributed by atoms with E-state index in [9.17, 15) is 13.2 Å². The van der Waals surface area contributed by atoms with Crippen molar-refractivity contribution in [3.8, 4) is 11.5 Å². The molecule has 3 aromatic rings. The minimum atomic E-state index is -3.77. The predicted molar refractivity (Wildman–Crippen MR) is 130 cm³/mol. The summed E-state index contributed by atoms with van der Waals surface area (Å²) in [5.74, 6) is 1.25. The number of nitrogens with one attached hydrogen (secondary N) is 2. The van der Waals surface area contributed by atoms with Crippen LogP contribution in [0.25, 0.3) is 0 Å². The summed E-state index contributed by atoms with van der Waals surface area (Å²) in [4.78, 5) is 12.4. The second-order valence-corrected chi connectivity index (χ2v) is 9.57. The van der Waals surface area contributed by atoms with E-state index in [0.717, 1.165) is 11.1 Å². The van der Waals surface area contributed by atoms with E-state index in [2.05, 4.69) is 23.9 Å². The molecule has 2 N–H and O–H groups in total. The highest BCUT2D eigenvalue weighted by atomic mass is 32.2. The molecule has 8 heteroatoms. The number of carbonyl (C=O) groups is 1. The molecule has 7 nitrogen and oxygen atoms in total. The molecule has 3 aromatic carbocycles. The van der Waals surface area contributed by atoms with Crippen molar-refractivity contribution < 1.29 is 22.7 Å². The van der Waals surface area contributed by atoms with Crippen LogP contribution in [0.4, 0.5) is 11.4 Å². The Kier molecular flexibility index (Phi) is 7.60. The Morgan fingerprint density at radius 2 is 1.58 bits per heavy atom. The van der Waals surface area contributed by atoms with Crippen molar-refractivity contribution in [2.24, 2.45) is 0 Å². The van der Waals surface area contributed by atoms with Gasteiger partial charge in [0.15, 0.2) is 6.61 Å². The molecule has 0 heterocycles. The van der Waals surface area contributed by atoms with E-state index in [1.54, 1.807) is 24.3 Å². The lowest BCUT2D eigenvalue weighted by Gasteiger charge is -2.15. The molecule has 0 atom stereocenters. The number of carbonyl (C=O) groups excluding carboxylic acids is 1. The smallest absolute Gasteiger partial charge is 0.262 e. The molecule has 0 aliphatic rings. The molecule has 0 bridgehead atoms. The minimum absolute atomic E-state index is 0.0777. The quantitative estimate of drug-likeness (QED) is 0.464. The first kappa shape index (κ1) is 24.1. The number of benzene rings is 3. The SMILES string of the molecule is COc1ccc(NS(=O)(=O)c2ccc(NC(=O)COc3cc(C)ccc3C(C)C)cc2)cc1. The topological polar surface area (TPSA) is 93.7 Å². The zero-order chi connectivity index (χ0) is 24.0. The number of sulfonamides is 1. The monoisotopic (exact) mass is 468 g/mol. The van der Waals surface area contributed by atoms with Crippen molar-refractivity contribution in [1.82, 2.24) is 0 Å². The molecular weight excluding hydrogens is 440 g/mol. The van der Waals surface area contributed by atoms with Gasteiger partial charge in [0.05, 0.1) is 12.0 Å². The molecule has 0 saturated heterocycles. The molecule has 0 spiro atoms. The van der Waals surface area contributed by atoms with Crippen LogP contribution in [-0.4, -0.2) is 28.0 Å². The summed E-state index contributed by atoms with van der Waals surface area (Å²) in [5, 5.41) is 2.72. The van der Waals surface area contributed by atoms with Crippen LogP contribution < -0.4 is 19.5 Å². The van der Waals surface area contributed by atoms with E-state index in [1.165, 1.54) is 31.4 Å². The Morgan fingerprint density at radius 1 is 0.939 bits per heavy atom. The van der Waals surface area contributed by atoms with E-state index in [0.29, 0.717) is 22.9 Å². The number of methoxy groups -OCH3 is 1. The molecule has 0 unspecified atom stereocenters. The molecule has 1 amide bonds. The highest BCUT2D eigenvalue weighted by Crippen LogP contribution is 2.27. The lowest BCUT2D eigenvalue weighted by molar-refractivity contribution is -0.118. The number of ether oxygens (including phenoxy) is 2. The fraction of sp³-hybridized carbons (Fsp3) is 0.240. The molecule has 0 aliphatic carbocycles. The summed E-state index contributed by atoms with van der Waals surface area (Å²) in [6.45, 7) is 5.95. The zero-order valence-electron chi connectivity index (χ0n) is 19.1. The number of amides is 1. The van der Waals surface area contributed by atoms with Crippen molar-refractivity contribution in [2.45, 2.75) is 31.6 Å². The van der Waals surface area contributed by atoms with Crippen molar-refractivity contribution in [1.29, 1.82) is 0 Å². The van der Waals surface area contributed by atoms with Crippen LogP contribution in [-0.2, 0) is 14.8 Å². The van der Waals surface area contributed by atoms with Gasteiger partial charge >= 0.3 is 0 Å². The summed E-state index contributed by atoms with van der Waals surface area (Å²) in [5.41, 5.74) is 2.98. The molecule has 0 fully saturated rings. The second-order valence-electron chi connectivity index (χ2n) is 7.89. The first-order valence-corrected chi connectivity index (χ1v) is 12.0. The van der Waals surface area contributed by atoms with E-state index in [1.807, 2.05) is 25.1 Å². The van der Waals surface area contributed by atoms with E-state index < -0.39 is 10.0 Å². The van der Waals surface area contributed by atoms with Gasteiger partial charge in [-0.3, -0.25) is 9.52 Å². The minimum Gasteiger partial charge on any atom is -0.497 e. The second kappa shape index (κ2) is 10.4. The Bertz CT molecular complexity index is 1200. The van der Waals surface area contributed by atoms with Crippen LogP contribution in [0.3, 0.4) is 0 Å². The van der Waals surface area contributed by atoms with E-state index in [-0.39, 0.29) is 23.3 Å². The Labute approximate surface area is 194 Å². The lowest BCUT2D eigenvalue weighted by Crippen LogP contribution is -2.20. The Balaban J connectivity index is 1.61. The summed E-state index contributed by atoms with van der Waals surface area (Å²) in [7, 11) is -2.23. The molecule has 33 heavy (non-hydrogen) atoms. The van der Waals surface area contributed by atoms with Gasteiger partial charge in [-0.25, -0.2) is 8.42 Å². The number of anilines is 2. The van der Waals surface area contributed by atoms with Crippen LogP contribution in [0.1, 0.15) is 30.9 Å². The fourth-order valence-electron chi connectivity index (χ4n) is 3.17. The molecular formula is C25H28N2O5S.